The number of fused-ring (bicyclic) bond motifs is 15. The first kappa shape index (κ1) is 95.0. The molecular weight excluding hydrogens is 1730 g/mol. The minimum atomic E-state index is -4.96. The number of amides is 9. The van der Waals surface area contributed by atoms with Gasteiger partial charge >= 0.3 is 6.36 Å². The minimum Gasteiger partial charge on any atom is -0.508 e. The van der Waals surface area contributed by atoms with Crippen molar-refractivity contribution in [3.63, 3.8) is 0 Å². The number of hydrogen-bond acceptors (Lipinski definition) is 30. The highest BCUT2D eigenvalue weighted by molar-refractivity contribution is 6.32. The topological polar surface area (TPSA) is 592 Å². The molecule has 9 amide bonds. The number of nitrogens with one attached hydrogen (secondary N) is 11. The lowest BCUT2D eigenvalue weighted by Crippen LogP contribution is -2.65. The molecule has 23 N–H and O–H groups in total. The van der Waals surface area contributed by atoms with Crippen LogP contribution >= 0.6 is 23.2 Å². The van der Waals surface area contributed by atoms with Crippen LogP contribution < -0.4 is 83.4 Å². The Morgan fingerprint density at radius 3 is 2.05 bits per heavy atom. The van der Waals surface area contributed by atoms with Crippen molar-refractivity contribution in [2.45, 2.75) is 169 Å². The number of carbonyl (C=O) groups excluding carboxylic acids is 9. The number of halogens is 5. The summed E-state index contributed by atoms with van der Waals surface area (Å²) in [5.41, 5.74) is 7.06. The monoisotopic (exact) mass is 1830 g/mol. The summed E-state index contributed by atoms with van der Waals surface area (Å²) in [5, 5.41) is 139. The molecule has 7 aliphatic rings. The first-order valence-electron chi connectivity index (χ1n) is 39.8. The van der Waals surface area contributed by atoms with Crippen LogP contribution in [-0.4, -0.2) is 221 Å². The maximum absolute atomic E-state index is 16.3. The molecule has 6 aromatic carbocycles. The van der Waals surface area contributed by atoms with E-state index in [4.69, 9.17) is 57.4 Å². The molecule has 44 heteroatoms. The third kappa shape index (κ3) is 22.3. The molecule has 1 aromatic heterocycles. The van der Waals surface area contributed by atoms with Gasteiger partial charge in [-0.2, -0.15) is 0 Å². The Bertz CT molecular complexity index is 5390. The number of aliphatic hydroxyl groups excluding tert-OH is 7. The van der Waals surface area contributed by atoms with Gasteiger partial charge in [-0.25, -0.2) is 5.43 Å². The standard InChI is InChI=1S/C84H92Cl2F3N13O26/c1-35(2)19-50(91-5)75(115)100-66-68(110)40-11-14-54(48(85)23-40)123-56-25-42-26-57(72(56)127-82-73(71(113)70(112)58(34-104)125-82)126-61-30-83(4,74(114)36(3)122-61)93-32-38-20-43(33-92-31-38)95-60(109)16-9-37-7-6-8-45(21-37)128-84(87,88)89)124-55-15-12-41(24-49(55)86)69(111)67-80(120)99-65(81(121)102-94-17-18-103)47-27-44(105)28-53(107)62(47)46-22-39(10-13-52(46)106)63(77(117)101-67)98-78(118)64(42)97-76(116)51(29-59(90)108)96-79(66)119/h6-16,20-28,31,33,35-36,50-51,58,61,63-71,73-74,82,91,93-94,103-107,110-114H,17-19,29-30,32,34H2,1-5H3,(H2,90,108)(H,95,109)(H,96,119)(H,97,116)(H,98,118)(H,99,120)(H,100,115)(H,101,117)(H,102,121)/b16-9+/t36-,50+,51-,58+,61-,63+,64+,65+,66+,67-,68+,69+,70+,71-,73+,74+,82-,83-/m0/s1. The van der Waals surface area contributed by atoms with E-state index in [0.29, 0.717) is 5.56 Å². The van der Waals surface area contributed by atoms with Gasteiger partial charge in [0.05, 0.1) is 59.8 Å². The number of nitrogens with zero attached hydrogens (tertiary/aromatic N) is 1. The van der Waals surface area contributed by atoms with Crippen LogP contribution in [-0.2, 0) is 63.9 Å². The maximum Gasteiger partial charge on any atom is 0.573 e. The summed E-state index contributed by atoms with van der Waals surface area (Å²) in [4.78, 5) is 137. The van der Waals surface area contributed by atoms with E-state index in [1.165, 1.54) is 56.7 Å². The van der Waals surface area contributed by atoms with E-state index < -0.39 is 272 Å². The van der Waals surface area contributed by atoms with Crippen molar-refractivity contribution in [1.29, 1.82) is 0 Å². The number of rotatable bonds is 23. The van der Waals surface area contributed by atoms with Crippen LogP contribution in [0.15, 0.2) is 128 Å². The summed E-state index contributed by atoms with van der Waals surface area (Å²) in [6, 6.07) is 5.62. The summed E-state index contributed by atoms with van der Waals surface area (Å²) in [7, 11) is 1.46. The summed E-state index contributed by atoms with van der Waals surface area (Å²) in [6.07, 6.45) is -19.7. The van der Waals surface area contributed by atoms with Gasteiger partial charge in [0, 0.05) is 54.5 Å². The Kier molecular flexibility index (Phi) is 30.0. The SMILES string of the molecule is CN[C@H](CC(C)C)C(=O)N[C@H]1C(=O)N[C@@H](CC(N)=O)C(=O)N[C@H]2C(=O)N[C@H]3C(=O)N[C@H](C(=O)N[C@@H](C(=O)NNCCO)c4cc(O)cc(O)c4-c4cc3ccc4O)[C@H](O)c3ccc(c(Cl)c3)Oc3cc2cc(c3O[C@@H]2O[C@H](CO)[C@@H](O)[C@H](O)[C@H]2O[C@H]2C[C@](C)(NCc3cncc(NC(=O)/C=C/c4cccc(OC(F)(F)F)c4)c3)[C@H](O)[C@H](C)O2)Oc2ccc(cc2Cl)[C@H]1O. The van der Waals surface area contributed by atoms with E-state index in [1.807, 2.05) is 0 Å². The van der Waals surface area contributed by atoms with Crippen LogP contribution in [0, 0.1) is 5.92 Å². The Morgan fingerprint density at radius 1 is 0.734 bits per heavy atom. The van der Waals surface area contributed by atoms with Crippen molar-refractivity contribution >= 4 is 88.1 Å². The lowest BCUT2D eigenvalue weighted by atomic mass is 9.84. The molecule has 0 radical (unpaired) electrons. The second-order valence-corrected chi connectivity index (χ2v) is 32.1. The normalized spacial score (nSPS) is 25.8. The quantitative estimate of drug-likeness (QED) is 0.0248. The van der Waals surface area contributed by atoms with Gasteiger partial charge in [-0.05, 0) is 151 Å². The number of phenols is 3. The number of phenolic OH excluding ortho intramolecular Hbond substituents is 3. The molecule has 2 fully saturated rings. The molecule has 7 aromatic rings. The van der Waals surface area contributed by atoms with Crippen molar-refractivity contribution in [3.8, 4) is 62.9 Å². The van der Waals surface area contributed by atoms with Gasteiger partial charge in [-0.3, -0.25) is 53.6 Å². The fourth-order valence-corrected chi connectivity index (χ4v) is 15.5. The molecule has 0 saturated carbocycles. The van der Waals surface area contributed by atoms with E-state index >= 15 is 24.0 Å². The smallest absolute Gasteiger partial charge is 0.508 e. The van der Waals surface area contributed by atoms with E-state index in [2.05, 4.69) is 68.4 Å². The molecule has 39 nitrogen and oxygen atoms in total. The molecule has 11 bridgehead atoms. The summed E-state index contributed by atoms with van der Waals surface area (Å²) < 4.78 is 82.2. The number of ether oxygens (including phenoxy) is 7. The van der Waals surface area contributed by atoms with Crippen LogP contribution in [0.2, 0.25) is 10.0 Å². The molecular formula is C84H92Cl2F3N13O26. The molecule has 7 aliphatic heterocycles. The number of primary amides is 1. The number of benzene rings is 6. The van der Waals surface area contributed by atoms with Gasteiger partial charge in [0.25, 0.3) is 5.91 Å². The highest BCUT2D eigenvalue weighted by Gasteiger charge is 2.53. The van der Waals surface area contributed by atoms with E-state index in [0.717, 1.165) is 91.0 Å². The number of carbonyl (C=O) groups is 9. The number of nitrogens with two attached hydrogens (primary N) is 1. The average Bonchev–Trinajstić information content (AvgIpc) is 0.769. The second kappa shape index (κ2) is 40.5. The van der Waals surface area contributed by atoms with Crippen molar-refractivity contribution in [3.05, 3.63) is 177 Å². The number of alkyl halides is 3. The molecule has 2 saturated heterocycles. The second-order valence-electron chi connectivity index (χ2n) is 31.3. The summed E-state index contributed by atoms with van der Waals surface area (Å²) in [5.74, 6) is -17.0. The Balaban J connectivity index is 0.997. The van der Waals surface area contributed by atoms with Gasteiger partial charge < -0.3 is 138 Å². The zero-order chi connectivity index (χ0) is 92.7. The third-order valence-corrected chi connectivity index (χ3v) is 22.1. The highest BCUT2D eigenvalue weighted by Crippen LogP contribution is 2.50. The van der Waals surface area contributed by atoms with Crippen LogP contribution in [0.3, 0.4) is 0 Å². The summed E-state index contributed by atoms with van der Waals surface area (Å²) in [6.45, 7) is 4.72. The lowest BCUT2D eigenvalue weighted by Gasteiger charge is -2.48. The predicted octanol–water partition coefficient (Wildman–Crippen LogP) is 2.41. The Labute approximate surface area is 736 Å². The number of aliphatic hydroxyl groups is 7. The molecule has 18 atom stereocenters. The molecule has 14 rings (SSSR count). The van der Waals surface area contributed by atoms with Crippen molar-refractivity contribution in [2.24, 2.45) is 11.7 Å². The number of pyridine rings is 1. The summed E-state index contributed by atoms with van der Waals surface area (Å²) >= 11 is 14.4. The fourth-order valence-electron chi connectivity index (χ4n) is 15.1. The number of anilines is 1. The minimum absolute atomic E-state index is 0.0910. The first-order chi connectivity index (χ1) is 60.7. The van der Waals surface area contributed by atoms with Crippen LogP contribution in [0.25, 0.3) is 17.2 Å². The molecule has 8 heterocycles. The number of hydrazine groups is 1. The molecule has 128 heavy (non-hydrogen) atoms. The zero-order valence-electron chi connectivity index (χ0n) is 68.5. The fraction of sp³-hybridized carbons (Fsp3) is 0.381. The van der Waals surface area contributed by atoms with Gasteiger partial charge in [-0.15, -0.1) is 13.2 Å². The third-order valence-electron chi connectivity index (χ3n) is 21.5. The van der Waals surface area contributed by atoms with Crippen LogP contribution in [0.1, 0.15) is 116 Å². The van der Waals surface area contributed by atoms with E-state index in [9.17, 15) is 83.4 Å². The number of aromatic hydroxyl groups is 3. The highest BCUT2D eigenvalue weighted by atomic mass is 35.5. The predicted molar refractivity (Wildman–Crippen MR) is 443 cm³/mol. The van der Waals surface area contributed by atoms with Gasteiger partial charge in [0.2, 0.25) is 59.3 Å². The largest absolute Gasteiger partial charge is 0.573 e. The maximum atomic E-state index is 16.3. The van der Waals surface area contributed by atoms with Gasteiger partial charge in [-0.1, -0.05) is 67.4 Å². The van der Waals surface area contributed by atoms with Gasteiger partial charge in [0.15, 0.2) is 23.9 Å². The average molecular weight is 1830 g/mol. The number of aromatic nitrogens is 1. The Hall–Kier alpha value is -12.1. The Morgan fingerprint density at radius 2 is 1.40 bits per heavy atom. The van der Waals surface area contributed by atoms with E-state index in [1.54, 1.807) is 20.8 Å². The van der Waals surface area contributed by atoms with Gasteiger partial charge in [0.1, 0.15) is 101 Å². The van der Waals surface area contributed by atoms with Crippen LogP contribution in [0.5, 0.6) is 51.7 Å². The molecule has 0 aliphatic carbocycles. The molecule has 684 valence electrons. The molecule has 0 spiro atoms. The van der Waals surface area contributed by atoms with E-state index in [-0.39, 0.29) is 59.8 Å². The van der Waals surface area contributed by atoms with Crippen LogP contribution in [0.4, 0.5) is 18.9 Å². The zero-order valence-corrected chi connectivity index (χ0v) is 70.0. The van der Waals surface area contributed by atoms with Crippen molar-refractivity contribution in [1.82, 2.24) is 58.4 Å². The first-order valence-corrected chi connectivity index (χ1v) is 40.6. The van der Waals surface area contributed by atoms with Crippen molar-refractivity contribution in [2.75, 3.05) is 32.1 Å². The number of likely N-dealkylation sites (N-methyl/N-ethyl adjacent to an activating group) is 1. The lowest BCUT2D eigenvalue weighted by molar-refractivity contribution is -0.334. The van der Waals surface area contributed by atoms with Crippen molar-refractivity contribution < 1.29 is 141 Å². The molecule has 0 unspecified atom stereocenters. The number of hydrogen-bond donors (Lipinski definition) is 22.